The fraction of sp³-hybridized carbons (Fsp3) is 1.00. The van der Waals surface area contributed by atoms with Gasteiger partial charge in [-0.15, -0.1) is 0 Å². The molecule has 0 aliphatic heterocycles. The van der Waals surface area contributed by atoms with E-state index in [4.69, 9.17) is 16.2 Å². The molecule has 0 aliphatic rings. The van der Waals surface area contributed by atoms with E-state index in [2.05, 4.69) is 13.8 Å². The molecule has 0 unspecified atom stereocenters. The molecule has 0 spiro atoms. The molecule has 0 atom stereocenters. The van der Waals surface area contributed by atoms with Gasteiger partial charge in [-0.2, -0.15) is 0 Å². The standard InChI is InChI=1S/C8H18O.C2H8N2/c1-3-5-7-9-8-6-4-2;3-1-2-4/h3-8H2,1-2H3;1-4H2. The van der Waals surface area contributed by atoms with Crippen molar-refractivity contribution in [3.8, 4) is 0 Å². The van der Waals surface area contributed by atoms with Crippen molar-refractivity contribution in [1.29, 1.82) is 0 Å². The van der Waals surface area contributed by atoms with Crippen molar-refractivity contribution in [3.63, 3.8) is 0 Å². The van der Waals surface area contributed by atoms with Crippen molar-refractivity contribution in [2.75, 3.05) is 26.3 Å². The van der Waals surface area contributed by atoms with Gasteiger partial charge in [0.1, 0.15) is 0 Å². The molecule has 3 heteroatoms. The summed E-state index contributed by atoms with van der Waals surface area (Å²) in [6.07, 6.45) is 4.91. The minimum absolute atomic E-state index is 0.597. The lowest BCUT2D eigenvalue weighted by atomic mass is 10.3. The van der Waals surface area contributed by atoms with Crippen LogP contribution in [0.2, 0.25) is 0 Å². The second-order valence-electron chi connectivity index (χ2n) is 2.90. The van der Waals surface area contributed by atoms with E-state index in [0.29, 0.717) is 13.1 Å². The first-order valence-corrected chi connectivity index (χ1v) is 5.31. The molecule has 0 bridgehead atoms. The Labute approximate surface area is 82.8 Å². The summed E-state index contributed by atoms with van der Waals surface area (Å²) >= 11 is 0. The fourth-order valence-electron chi connectivity index (χ4n) is 0.595. The summed E-state index contributed by atoms with van der Waals surface area (Å²) in [7, 11) is 0. The summed E-state index contributed by atoms with van der Waals surface area (Å²) in [6, 6.07) is 0. The van der Waals surface area contributed by atoms with Gasteiger partial charge in [0.15, 0.2) is 0 Å². The molecule has 0 fully saturated rings. The third kappa shape index (κ3) is 24.5. The van der Waals surface area contributed by atoms with Crippen molar-refractivity contribution in [2.24, 2.45) is 11.5 Å². The molecule has 0 saturated carbocycles. The number of hydrogen-bond donors (Lipinski definition) is 2. The van der Waals surface area contributed by atoms with Crippen LogP contribution in [-0.4, -0.2) is 26.3 Å². The lowest BCUT2D eigenvalue weighted by Crippen LogP contribution is -2.11. The van der Waals surface area contributed by atoms with E-state index in [-0.39, 0.29) is 0 Å². The first-order valence-electron chi connectivity index (χ1n) is 5.31. The first kappa shape index (κ1) is 15.4. The van der Waals surface area contributed by atoms with E-state index in [9.17, 15) is 0 Å². The average molecular weight is 190 g/mol. The molecule has 0 radical (unpaired) electrons. The van der Waals surface area contributed by atoms with E-state index in [0.717, 1.165) is 13.2 Å². The summed E-state index contributed by atoms with van der Waals surface area (Å²) in [5, 5.41) is 0. The van der Waals surface area contributed by atoms with Crippen LogP contribution in [0.4, 0.5) is 0 Å². The normalized spacial score (nSPS) is 9.23. The molecule has 13 heavy (non-hydrogen) atoms. The van der Waals surface area contributed by atoms with Gasteiger partial charge in [-0.1, -0.05) is 26.7 Å². The highest BCUT2D eigenvalue weighted by molar-refractivity contribution is 4.33. The molecular formula is C10H26N2O. The number of ether oxygens (including phenoxy) is 1. The van der Waals surface area contributed by atoms with Gasteiger partial charge in [0.25, 0.3) is 0 Å². The molecule has 0 aliphatic carbocycles. The topological polar surface area (TPSA) is 61.3 Å². The van der Waals surface area contributed by atoms with Gasteiger partial charge in [-0.3, -0.25) is 0 Å². The Hall–Kier alpha value is -0.120. The Morgan fingerprint density at radius 2 is 1.23 bits per heavy atom. The van der Waals surface area contributed by atoms with Crippen LogP contribution >= 0.6 is 0 Å². The van der Waals surface area contributed by atoms with Gasteiger partial charge in [-0.05, 0) is 12.8 Å². The second kappa shape index (κ2) is 17.8. The summed E-state index contributed by atoms with van der Waals surface area (Å²) in [5.41, 5.74) is 9.81. The lowest BCUT2D eigenvalue weighted by molar-refractivity contribution is 0.128. The zero-order chi connectivity index (χ0) is 10.4. The molecule has 0 amide bonds. The summed E-state index contributed by atoms with van der Waals surface area (Å²) in [6.45, 7) is 7.47. The van der Waals surface area contributed by atoms with Crippen LogP contribution < -0.4 is 11.5 Å². The van der Waals surface area contributed by atoms with Crippen molar-refractivity contribution < 1.29 is 4.74 Å². The zero-order valence-corrected chi connectivity index (χ0v) is 9.22. The van der Waals surface area contributed by atoms with Gasteiger partial charge < -0.3 is 16.2 Å². The van der Waals surface area contributed by atoms with Crippen molar-refractivity contribution in [1.82, 2.24) is 0 Å². The smallest absolute Gasteiger partial charge is 0.0465 e. The molecule has 0 heterocycles. The number of rotatable bonds is 7. The highest BCUT2D eigenvalue weighted by Gasteiger charge is 1.84. The largest absolute Gasteiger partial charge is 0.381 e. The van der Waals surface area contributed by atoms with Gasteiger partial charge in [0, 0.05) is 26.3 Å². The highest BCUT2D eigenvalue weighted by atomic mass is 16.5. The number of hydrogen-bond acceptors (Lipinski definition) is 3. The zero-order valence-electron chi connectivity index (χ0n) is 9.22. The van der Waals surface area contributed by atoms with Gasteiger partial charge in [0.2, 0.25) is 0 Å². The molecule has 0 aromatic rings. The number of nitrogens with two attached hydrogens (primary N) is 2. The summed E-state index contributed by atoms with van der Waals surface area (Å²) in [4.78, 5) is 0. The quantitative estimate of drug-likeness (QED) is 0.598. The Kier molecular flexibility index (Phi) is 21.1. The molecule has 0 rings (SSSR count). The van der Waals surface area contributed by atoms with Crippen LogP contribution in [0.15, 0.2) is 0 Å². The van der Waals surface area contributed by atoms with Crippen LogP contribution in [0.1, 0.15) is 39.5 Å². The summed E-state index contributed by atoms with van der Waals surface area (Å²) < 4.78 is 5.31. The van der Waals surface area contributed by atoms with Gasteiger partial charge >= 0.3 is 0 Å². The fourth-order valence-corrected chi connectivity index (χ4v) is 0.595. The maximum atomic E-state index is 5.31. The third-order valence-corrected chi connectivity index (χ3v) is 1.45. The predicted octanol–water partition coefficient (Wildman–Crippen LogP) is 1.51. The van der Waals surface area contributed by atoms with Crippen LogP contribution in [0.25, 0.3) is 0 Å². The van der Waals surface area contributed by atoms with Crippen molar-refractivity contribution in [2.45, 2.75) is 39.5 Å². The predicted molar refractivity (Wildman–Crippen MR) is 58.7 cm³/mol. The minimum Gasteiger partial charge on any atom is -0.381 e. The van der Waals surface area contributed by atoms with E-state index >= 15 is 0 Å². The monoisotopic (exact) mass is 190 g/mol. The molecule has 0 saturated heterocycles. The number of unbranched alkanes of at least 4 members (excludes halogenated alkanes) is 2. The van der Waals surface area contributed by atoms with Crippen molar-refractivity contribution >= 4 is 0 Å². The summed E-state index contributed by atoms with van der Waals surface area (Å²) in [5.74, 6) is 0. The second-order valence-corrected chi connectivity index (χ2v) is 2.90. The molecule has 0 aromatic heterocycles. The Morgan fingerprint density at radius 3 is 1.46 bits per heavy atom. The SMILES string of the molecule is CCCCOCCCC.NCCN. The van der Waals surface area contributed by atoms with E-state index in [1.54, 1.807) is 0 Å². The van der Waals surface area contributed by atoms with Crippen LogP contribution in [0.3, 0.4) is 0 Å². The molecular weight excluding hydrogens is 164 g/mol. The Morgan fingerprint density at radius 1 is 0.846 bits per heavy atom. The maximum Gasteiger partial charge on any atom is 0.0465 e. The van der Waals surface area contributed by atoms with Crippen molar-refractivity contribution in [3.05, 3.63) is 0 Å². The maximum absolute atomic E-state index is 5.31. The molecule has 3 nitrogen and oxygen atoms in total. The van der Waals surface area contributed by atoms with Crippen LogP contribution in [0.5, 0.6) is 0 Å². The van der Waals surface area contributed by atoms with E-state index in [1.807, 2.05) is 0 Å². The highest BCUT2D eigenvalue weighted by Crippen LogP contribution is 1.91. The third-order valence-electron chi connectivity index (χ3n) is 1.45. The molecule has 0 aromatic carbocycles. The van der Waals surface area contributed by atoms with Crippen LogP contribution in [0, 0.1) is 0 Å². The van der Waals surface area contributed by atoms with E-state index in [1.165, 1.54) is 25.7 Å². The molecule has 4 N–H and O–H groups in total. The Balaban J connectivity index is 0. The van der Waals surface area contributed by atoms with Gasteiger partial charge in [-0.25, -0.2) is 0 Å². The molecule has 82 valence electrons. The minimum atomic E-state index is 0.597. The van der Waals surface area contributed by atoms with Gasteiger partial charge in [0.05, 0.1) is 0 Å². The van der Waals surface area contributed by atoms with Crippen LogP contribution in [-0.2, 0) is 4.74 Å². The average Bonchev–Trinajstić information content (AvgIpc) is 2.18. The Bertz CT molecular complexity index is 61.9. The lowest BCUT2D eigenvalue weighted by Gasteiger charge is -1.99. The van der Waals surface area contributed by atoms with E-state index < -0.39 is 0 Å². The first-order chi connectivity index (χ1) is 6.33.